The molecular weight excluding hydrogens is 356 g/mol. The normalized spacial score (nSPS) is 26.5. The second-order valence-corrected chi connectivity index (χ2v) is 8.20. The van der Waals surface area contributed by atoms with Gasteiger partial charge in [0.1, 0.15) is 0 Å². The number of hydrogen-bond donors (Lipinski definition) is 3. The van der Waals surface area contributed by atoms with Gasteiger partial charge in [-0.05, 0) is 45.4 Å². The highest BCUT2D eigenvalue weighted by Crippen LogP contribution is 2.36. The summed E-state index contributed by atoms with van der Waals surface area (Å²) < 4.78 is 5.10. The van der Waals surface area contributed by atoms with E-state index in [0.717, 1.165) is 38.5 Å². The molecule has 5 atom stereocenters. The summed E-state index contributed by atoms with van der Waals surface area (Å²) in [4.78, 5) is 11.5. The maximum atomic E-state index is 11.5. The van der Waals surface area contributed by atoms with Crippen LogP contribution in [-0.4, -0.2) is 45.7 Å². The minimum Gasteiger partial charge on any atom is -0.463 e. The van der Waals surface area contributed by atoms with Crippen molar-refractivity contribution in [2.45, 2.75) is 103 Å². The van der Waals surface area contributed by atoms with Crippen molar-refractivity contribution in [1.29, 1.82) is 0 Å². The number of ether oxygens (including phenoxy) is 1. The van der Waals surface area contributed by atoms with E-state index in [9.17, 15) is 20.1 Å². The molecule has 0 heterocycles. The number of carbonyl (C=O) groups is 1. The van der Waals surface area contributed by atoms with Gasteiger partial charge in [-0.1, -0.05) is 50.5 Å². The van der Waals surface area contributed by atoms with Gasteiger partial charge in [-0.3, -0.25) is 4.79 Å². The Morgan fingerprint density at radius 3 is 2.57 bits per heavy atom. The Morgan fingerprint density at radius 2 is 1.89 bits per heavy atom. The van der Waals surface area contributed by atoms with E-state index in [4.69, 9.17) is 4.74 Å². The SMILES string of the molecule is CCCCC[C@@H](O)C=C[C@@H]1[C@@H](CC=CCCCC(=O)OC(C)C)[C@@H](O)C[C@H]1O. The molecule has 162 valence electrons. The van der Waals surface area contributed by atoms with Crippen LogP contribution in [-0.2, 0) is 9.53 Å². The maximum Gasteiger partial charge on any atom is 0.306 e. The summed E-state index contributed by atoms with van der Waals surface area (Å²) in [6.45, 7) is 5.82. The third-order valence-corrected chi connectivity index (χ3v) is 5.27. The minimum atomic E-state index is -0.571. The maximum absolute atomic E-state index is 11.5. The number of unbranched alkanes of at least 4 members (excludes halogenated alkanes) is 3. The molecule has 0 aromatic heterocycles. The fraction of sp³-hybridized carbons (Fsp3) is 0.783. The molecule has 3 N–H and O–H groups in total. The fourth-order valence-electron chi connectivity index (χ4n) is 3.72. The molecule has 0 radical (unpaired) electrons. The number of allylic oxidation sites excluding steroid dienone is 2. The Labute approximate surface area is 170 Å². The van der Waals surface area contributed by atoms with Crippen LogP contribution < -0.4 is 0 Å². The van der Waals surface area contributed by atoms with Gasteiger partial charge in [0.15, 0.2) is 0 Å². The lowest BCUT2D eigenvalue weighted by molar-refractivity contribution is -0.147. The highest BCUT2D eigenvalue weighted by molar-refractivity contribution is 5.69. The number of hydrogen-bond acceptors (Lipinski definition) is 5. The van der Waals surface area contributed by atoms with E-state index in [1.807, 2.05) is 32.1 Å². The van der Waals surface area contributed by atoms with Gasteiger partial charge in [0, 0.05) is 18.8 Å². The Balaban J connectivity index is 2.41. The molecule has 5 heteroatoms. The van der Waals surface area contributed by atoms with E-state index >= 15 is 0 Å². The molecule has 28 heavy (non-hydrogen) atoms. The standard InChI is InChI=1S/C23H40O5/c1-4-5-8-11-18(24)14-15-20-19(21(25)16-22(20)26)12-9-6-7-10-13-23(27)28-17(2)3/h6,9,14-15,17-22,24-26H,4-5,7-8,10-13,16H2,1-3H3/t18-,19-,20-,21+,22-/m1/s1. The van der Waals surface area contributed by atoms with Gasteiger partial charge in [0.2, 0.25) is 0 Å². The predicted octanol–water partition coefficient (Wildman–Crippen LogP) is 3.91. The zero-order chi connectivity index (χ0) is 20.9. The van der Waals surface area contributed by atoms with E-state index in [2.05, 4.69) is 6.92 Å². The average molecular weight is 397 g/mol. The predicted molar refractivity (Wildman–Crippen MR) is 112 cm³/mol. The van der Waals surface area contributed by atoms with E-state index in [1.54, 1.807) is 6.08 Å². The van der Waals surface area contributed by atoms with E-state index in [0.29, 0.717) is 19.3 Å². The number of esters is 1. The number of aliphatic hydroxyl groups excluding tert-OH is 3. The van der Waals surface area contributed by atoms with Crippen LogP contribution in [0.25, 0.3) is 0 Å². The second kappa shape index (κ2) is 13.9. The third kappa shape index (κ3) is 9.85. The largest absolute Gasteiger partial charge is 0.463 e. The first kappa shape index (κ1) is 24.9. The fourth-order valence-corrected chi connectivity index (χ4v) is 3.72. The summed E-state index contributed by atoms with van der Waals surface area (Å²) in [7, 11) is 0. The van der Waals surface area contributed by atoms with Crippen molar-refractivity contribution < 1.29 is 24.9 Å². The molecule has 1 rings (SSSR count). The molecule has 0 unspecified atom stereocenters. The smallest absolute Gasteiger partial charge is 0.306 e. The lowest BCUT2D eigenvalue weighted by Crippen LogP contribution is -2.20. The summed E-state index contributed by atoms with van der Waals surface area (Å²) >= 11 is 0. The summed E-state index contributed by atoms with van der Waals surface area (Å²) in [6, 6.07) is 0. The summed E-state index contributed by atoms with van der Waals surface area (Å²) in [5.41, 5.74) is 0. The van der Waals surface area contributed by atoms with Crippen LogP contribution >= 0.6 is 0 Å². The highest BCUT2D eigenvalue weighted by Gasteiger charge is 2.39. The second-order valence-electron chi connectivity index (χ2n) is 8.20. The molecule has 0 saturated heterocycles. The first-order valence-electron chi connectivity index (χ1n) is 10.9. The Kier molecular flexibility index (Phi) is 12.4. The van der Waals surface area contributed by atoms with Crippen LogP contribution in [0.4, 0.5) is 0 Å². The van der Waals surface area contributed by atoms with Crippen molar-refractivity contribution >= 4 is 5.97 Å². The van der Waals surface area contributed by atoms with E-state index in [-0.39, 0.29) is 23.9 Å². The average Bonchev–Trinajstić information content (AvgIpc) is 2.88. The van der Waals surface area contributed by atoms with E-state index in [1.165, 1.54) is 0 Å². The lowest BCUT2D eigenvalue weighted by atomic mass is 9.89. The van der Waals surface area contributed by atoms with Crippen molar-refractivity contribution in [1.82, 2.24) is 0 Å². The van der Waals surface area contributed by atoms with Crippen LogP contribution in [0.3, 0.4) is 0 Å². The molecule has 0 aromatic rings. The molecule has 0 bridgehead atoms. The van der Waals surface area contributed by atoms with Crippen LogP contribution in [0, 0.1) is 11.8 Å². The topological polar surface area (TPSA) is 87.0 Å². The molecule has 0 spiro atoms. The zero-order valence-electron chi connectivity index (χ0n) is 17.8. The Hall–Kier alpha value is -1.17. The molecule has 1 fully saturated rings. The minimum absolute atomic E-state index is 0.0451. The number of rotatable bonds is 13. The van der Waals surface area contributed by atoms with Crippen molar-refractivity contribution in [3.63, 3.8) is 0 Å². The number of carbonyl (C=O) groups excluding carboxylic acids is 1. The van der Waals surface area contributed by atoms with Gasteiger partial charge in [0.25, 0.3) is 0 Å². The lowest BCUT2D eigenvalue weighted by Gasteiger charge is -2.19. The van der Waals surface area contributed by atoms with Gasteiger partial charge in [0.05, 0.1) is 24.4 Å². The quantitative estimate of drug-likeness (QED) is 0.250. The van der Waals surface area contributed by atoms with Crippen molar-refractivity contribution in [3.05, 3.63) is 24.3 Å². The Morgan fingerprint density at radius 1 is 1.14 bits per heavy atom. The van der Waals surface area contributed by atoms with Crippen LogP contribution in [0.15, 0.2) is 24.3 Å². The third-order valence-electron chi connectivity index (χ3n) is 5.27. The van der Waals surface area contributed by atoms with Gasteiger partial charge in [-0.25, -0.2) is 0 Å². The molecule has 5 nitrogen and oxygen atoms in total. The van der Waals surface area contributed by atoms with Gasteiger partial charge in [-0.2, -0.15) is 0 Å². The van der Waals surface area contributed by atoms with Crippen molar-refractivity contribution in [3.8, 4) is 0 Å². The Bertz CT molecular complexity index is 485. The highest BCUT2D eigenvalue weighted by atomic mass is 16.5. The number of aliphatic hydroxyl groups is 3. The zero-order valence-corrected chi connectivity index (χ0v) is 17.8. The molecule has 0 aliphatic heterocycles. The first-order chi connectivity index (χ1) is 13.3. The monoisotopic (exact) mass is 396 g/mol. The van der Waals surface area contributed by atoms with Crippen LogP contribution in [0.1, 0.15) is 78.6 Å². The first-order valence-corrected chi connectivity index (χ1v) is 10.9. The van der Waals surface area contributed by atoms with Crippen molar-refractivity contribution in [2.75, 3.05) is 0 Å². The molecular formula is C23H40O5. The van der Waals surface area contributed by atoms with Crippen LogP contribution in [0.5, 0.6) is 0 Å². The summed E-state index contributed by atoms with van der Waals surface area (Å²) in [5.74, 6) is -0.349. The molecule has 0 amide bonds. The van der Waals surface area contributed by atoms with Crippen molar-refractivity contribution in [2.24, 2.45) is 11.8 Å². The molecule has 1 aliphatic carbocycles. The van der Waals surface area contributed by atoms with E-state index < -0.39 is 18.3 Å². The molecule has 1 aliphatic rings. The van der Waals surface area contributed by atoms with Gasteiger partial charge >= 0.3 is 5.97 Å². The van der Waals surface area contributed by atoms with Gasteiger partial charge < -0.3 is 20.1 Å². The summed E-state index contributed by atoms with van der Waals surface area (Å²) in [6.07, 6.45) is 13.0. The summed E-state index contributed by atoms with van der Waals surface area (Å²) in [5, 5.41) is 30.6. The molecule has 0 aromatic carbocycles. The van der Waals surface area contributed by atoms with Gasteiger partial charge in [-0.15, -0.1) is 0 Å². The van der Waals surface area contributed by atoms with Crippen LogP contribution in [0.2, 0.25) is 0 Å². The molecule has 1 saturated carbocycles.